The Morgan fingerprint density at radius 2 is 1.81 bits per heavy atom. The van der Waals surface area contributed by atoms with E-state index in [0.29, 0.717) is 18.5 Å². The minimum absolute atomic E-state index is 0.131. The predicted octanol–water partition coefficient (Wildman–Crippen LogP) is 0.814. The van der Waals surface area contributed by atoms with Crippen molar-refractivity contribution in [3.63, 3.8) is 0 Å². The van der Waals surface area contributed by atoms with Crippen LogP contribution in [-0.4, -0.2) is 49.7 Å². The fraction of sp³-hybridized carbons (Fsp3) is 0.286. The molecule has 1 aliphatic heterocycles. The van der Waals surface area contributed by atoms with E-state index in [1.807, 2.05) is 0 Å². The van der Waals surface area contributed by atoms with Crippen molar-refractivity contribution in [2.75, 3.05) is 13.1 Å². The van der Waals surface area contributed by atoms with E-state index in [-0.39, 0.29) is 12.5 Å². The van der Waals surface area contributed by atoms with E-state index in [4.69, 9.17) is 5.11 Å². The molecule has 7 heteroatoms. The summed E-state index contributed by atoms with van der Waals surface area (Å²) in [4.78, 5) is 24.8. The summed E-state index contributed by atoms with van der Waals surface area (Å²) in [6.07, 6.45) is 3.67. The number of rotatable bonds is 3. The molecule has 0 saturated carbocycles. The standard InChI is InChI=1S/C14H14N4O3/c19-13(17-6-5-11(7-17)14(20)21)10-1-3-12(4-2-10)18-8-15-16-9-18/h1-4,8-9,11H,5-7H2,(H,20,21). The van der Waals surface area contributed by atoms with Crippen LogP contribution in [0.3, 0.4) is 0 Å². The highest BCUT2D eigenvalue weighted by Gasteiger charge is 2.31. The lowest BCUT2D eigenvalue weighted by molar-refractivity contribution is -0.141. The molecule has 1 aliphatic rings. The van der Waals surface area contributed by atoms with Crippen molar-refractivity contribution in [2.24, 2.45) is 5.92 Å². The van der Waals surface area contributed by atoms with E-state index in [2.05, 4.69) is 10.2 Å². The maximum atomic E-state index is 12.3. The van der Waals surface area contributed by atoms with Gasteiger partial charge in [-0.1, -0.05) is 0 Å². The Morgan fingerprint density at radius 1 is 1.14 bits per heavy atom. The Hall–Kier alpha value is -2.70. The second-order valence-corrected chi connectivity index (χ2v) is 4.99. The summed E-state index contributed by atoms with van der Waals surface area (Å²) in [6, 6.07) is 7.07. The highest BCUT2D eigenvalue weighted by molar-refractivity contribution is 5.95. The van der Waals surface area contributed by atoms with Gasteiger partial charge >= 0.3 is 5.97 Å². The lowest BCUT2D eigenvalue weighted by Gasteiger charge is -2.16. The molecular formula is C14H14N4O3. The molecule has 1 amide bonds. The summed E-state index contributed by atoms with van der Waals surface area (Å²) in [5.74, 6) is -1.42. The second-order valence-electron chi connectivity index (χ2n) is 4.99. The number of carboxylic acids is 1. The first kappa shape index (κ1) is 13.3. The van der Waals surface area contributed by atoms with Gasteiger partial charge in [-0.25, -0.2) is 0 Å². The van der Waals surface area contributed by atoms with Crippen molar-refractivity contribution < 1.29 is 14.7 Å². The van der Waals surface area contributed by atoms with E-state index in [1.165, 1.54) is 0 Å². The Bertz CT molecular complexity index is 651. The Kier molecular flexibility index (Phi) is 3.39. The highest BCUT2D eigenvalue weighted by Crippen LogP contribution is 2.19. The van der Waals surface area contributed by atoms with Crippen LogP contribution in [0.5, 0.6) is 0 Å². The van der Waals surface area contributed by atoms with Crippen molar-refractivity contribution in [1.29, 1.82) is 0 Å². The van der Waals surface area contributed by atoms with Gasteiger partial charge in [0.25, 0.3) is 5.91 Å². The first-order valence-electron chi connectivity index (χ1n) is 6.62. The van der Waals surface area contributed by atoms with Gasteiger partial charge in [0.15, 0.2) is 0 Å². The van der Waals surface area contributed by atoms with Crippen LogP contribution in [0.15, 0.2) is 36.9 Å². The number of carboxylic acid groups (broad SMARTS) is 1. The van der Waals surface area contributed by atoms with Crippen molar-refractivity contribution in [3.05, 3.63) is 42.5 Å². The van der Waals surface area contributed by atoms with Crippen LogP contribution in [0.25, 0.3) is 5.69 Å². The SMILES string of the molecule is O=C(O)C1CCN(C(=O)c2ccc(-n3cnnc3)cc2)C1. The molecule has 108 valence electrons. The Balaban J connectivity index is 1.72. The quantitative estimate of drug-likeness (QED) is 0.902. The van der Waals surface area contributed by atoms with Gasteiger partial charge in [-0.2, -0.15) is 0 Å². The van der Waals surface area contributed by atoms with Crippen LogP contribution in [0.4, 0.5) is 0 Å². The van der Waals surface area contributed by atoms with Crippen molar-refractivity contribution in [2.45, 2.75) is 6.42 Å². The molecule has 1 aromatic heterocycles. The molecule has 0 spiro atoms. The number of carbonyl (C=O) groups is 2. The van der Waals surface area contributed by atoms with Gasteiger partial charge in [0.1, 0.15) is 12.7 Å². The molecule has 2 aromatic rings. The van der Waals surface area contributed by atoms with Crippen LogP contribution in [-0.2, 0) is 4.79 Å². The minimum atomic E-state index is -0.840. The number of hydrogen-bond donors (Lipinski definition) is 1. The lowest BCUT2D eigenvalue weighted by atomic mass is 10.1. The van der Waals surface area contributed by atoms with Crippen LogP contribution in [0.1, 0.15) is 16.8 Å². The first-order chi connectivity index (χ1) is 10.1. The smallest absolute Gasteiger partial charge is 0.308 e. The third-order valence-electron chi connectivity index (χ3n) is 3.66. The van der Waals surface area contributed by atoms with Gasteiger partial charge in [0.05, 0.1) is 5.92 Å². The normalized spacial score (nSPS) is 17.9. The average molecular weight is 286 g/mol. The molecule has 1 saturated heterocycles. The van der Waals surface area contributed by atoms with E-state index in [0.717, 1.165) is 5.69 Å². The molecule has 2 heterocycles. The second kappa shape index (κ2) is 5.35. The third kappa shape index (κ3) is 2.62. The molecule has 0 bridgehead atoms. The van der Waals surface area contributed by atoms with E-state index in [9.17, 15) is 9.59 Å². The average Bonchev–Trinajstić information content (AvgIpc) is 3.18. The van der Waals surface area contributed by atoms with E-state index >= 15 is 0 Å². The summed E-state index contributed by atoms with van der Waals surface area (Å²) in [7, 11) is 0. The van der Waals surface area contributed by atoms with Gasteiger partial charge in [-0.05, 0) is 30.7 Å². The van der Waals surface area contributed by atoms with Gasteiger partial charge in [-0.3, -0.25) is 14.2 Å². The number of aliphatic carboxylic acids is 1. The van der Waals surface area contributed by atoms with Gasteiger partial charge in [-0.15, -0.1) is 10.2 Å². The zero-order chi connectivity index (χ0) is 14.8. The number of likely N-dealkylation sites (tertiary alicyclic amines) is 1. The third-order valence-corrected chi connectivity index (χ3v) is 3.66. The molecule has 1 atom stereocenters. The fourth-order valence-electron chi connectivity index (χ4n) is 2.44. The fourth-order valence-corrected chi connectivity index (χ4v) is 2.44. The predicted molar refractivity (Wildman–Crippen MR) is 73.0 cm³/mol. The van der Waals surface area contributed by atoms with Crippen molar-refractivity contribution in [3.8, 4) is 5.69 Å². The van der Waals surface area contributed by atoms with E-state index in [1.54, 1.807) is 46.4 Å². The first-order valence-corrected chi connectivity index (χ1v) is 6.62. The molecule has 1 aromatic carbocycles. The summed E-state index contributed by atoms with van der Waals surface area (Å²) in [5, 5.41) is 16.4. The summed E-state index contributed by atoms with van der Waals surface area (Å²) >= 11 is 0. The monoisotopic (exact) mass is 286 g/mol. The van der Waals surface area contributed by atoms with Crippen molar-refractivity contribution in [1.82, 2.24) is 19.7 Å². The lowest BCUT2D eigenvalue weighted by Crippen LogP contribution is -2.29. The molecule has 7 nitrogen and oxygen atoms in total. The zero-order valence-electron chi connectivity index (χ0n) is 11.2. The Labute approximate surface area is 120 Å². The topological polar surface area (TPSA) is 88.3 Å². The summed E-state index contributed by atoms with van der Waals surface area (Å²) < 4.78 is 1.74. The molecule has 1 N–H and O–H groups in total. The number of benzene rings is 1. The van der Waals surface area contributed by atoms with Crippen LogP contribution >= 0.6 is 0 Å². The van der Waals surface area contributed by atoms with E-state index < -0.39 is 11.9 Å². The summed E-state index contributed by atoms with van der Waals surface area (Å²) in [5.41, 5.74) is 1.42. The molecule has 0 radical (unpaired) electrons. The van der Waals surface area contributed by atoms with Gasteiger partial charge in [0, 0.05) is 24.3 Å². The molecule has 0 aliphatic carbocycles. The number of aromatic nitrogens is 3. The number of hydrogen-bond acceptors (Lipinski definition) is 4. The van der Waals surface area contributed by atoms with Crippen LogP contribution in [0, 0.1) is 5.92 Å². The number of carbonyl (C=O) groups excluding carboxylic acids is 1. The molecule has 21 heavy (non-hydrogen) atoms. The maximum absolute atomic E-state index is 12.3. The number of nitrogens with zero attached hydrogens (tertiary/aromatic N) is 4. The highest BCUT2D eigenvalue weighted by atomic mass is 16.4. The number of amides is 1. The van der Waals surface area contributed by atoms with Crippen LogP contribution in [0.2, 0.25) is 0 Å². The zero-order valence-corrected chi connectivity index (χ0v) is 11.2. The largest absolute Gasteiger partial charge is 0.481 e. The van der Waals surface area contributed by atoms with Crippen LogP contribution < -0.4 is 0 Å². The Morgan fingerprint density at radius 3 is 2.38 bits per heavy atom. The van der Waals surface area contributed by atoms with Gasteiger partial charge in [0.2, 0.25) is 0 Å². The minimum Gasteiger partial charge on any atom is -0.481 e. The molecular weight excluding hydrogens is 272 g/mol. The molecule has 1 unspecified atom stereocenters. The van der Waals surface area contributed by atoms with Crippen molar-refractivity contribution >= 4 is 11.9 Å². The molecule has 1 fully saturated rings. The van der Waals surface area contributed by atoms with Gasteiger partial charge < -0.3 is 10.0 Å². The summed E-state index contributed by atoms with van der Waals surface area (Å²) in [6.45, 7) is 0.768. The maximum Gasteiger partial charge on any atom is 0.308 e. The molecule has 3 rings (SSSR count).